The van der Waals surface area contributed by atoms with Gasteiger partial charge in [-0.15, -0.1) is 0 Å². The highest BCUT2D eigenvalue weighted by atomic mass is 16.5. The highest BCUT2D eigenvalue weighted by molar-refractivity contribution is 5.03. The van der Waals surface area contributed by atoms with Crippen LogP contribution in [0.1, 0.15) is 76.6 Å². The molecular formula is C15H27N3O2. The van der Waals surface area contributed by atoms with Crippen molar-refractivity contribution >= 4 is 0 Å². The monoisotopic (exact) mass is 281 g/mol. The van der Waals surface area contributed by atoms with Gasteiger partial charge in [0.1, 0.15) is 5.60 Å². The predicted octanol–water partition coefficient (Wildman–Crippen LogP) is 3.31. The van der Waals surface area contributed by atoms with Crippen LogP contribution in [0.3, 0.4) is 0 Å². The molecule has 2 N–H and O–H groups in total. The Balaban J connectivity index is 2.15. The minimum Gasteiger partial charge on any atom is -0.370 e. The average molecular weight is 281 g/mol. The minimum atomic E-state index is -0.450. The molecule has 1 aromatic heterocycles. The Morgan fingerprint density at radius 2 is 1.95 bits per heavy atom. The number of methoxy groups -OCH3 is 1. The molecule has 0 radical (unpaired) electrons. The molecule has 0 amide bonds. The van der Waals surface area contributed by atoms with E-state index in [4.69, 9.17) is 15.0 Å². The van der Waals surface area contributed by atoms with E-state index in [0.29, 0.717) is 17.6 Å². The molecule has 20 heavy (non-hydrogen) atoms. The van der Waals surface area contributed by atoms with Gasteiger partial charge in [-0.1, -0.05) is 38.3 Å². The van der Waals surface area contributed by atoms with Crippen LogP contribution in [-0.4, -0.2) is 17.3 Å². The standard InChI is InChI=1S/C15H27N3O2/c1-4-15(5-2,19-3)14-17-13(20-18-14)12(16)11-9-7-6-8-10-11/h11-12H,4-10,16H2,1-3H3. The van der Waals surface area contributed by atoms with Crippen LogP contribution in [0, 0.1) is 5.92 Å². The van der Waals surface area contributed by atoms with E-state index in [9.17, 15) is 0 Å². The first-order valence-corrected chi connectivity index (χ1v) is 7.81. The van der Waals surface area contributed by atoms with Crippen molar-refractivity contribution in [2.75, 3.05) is 7.11 Å². The molecule has 1 aliphatic carbocycles. The van der Waals surface area contributed by atoms with Gasteiger partial charge in [-0.05, 0) is 31.6 Å². The molecule has 5 heteroatoms. The number of aromatic nitrogens is 2. The summed E-state index contributed by atoms with van der Waals surface area (Å²) in [6.45, 7) is 4.15. The van der Waals surface area contributed by atoms with E-state index in [-0.39, 0.29) is 6.04 Å². The zero-order chi connectivity index (χ0) is 14.6. The van der Waals surface area contributed by atoms with Crippen molar-refractivity contribution in [1.29, 1.82) is 0 Å². The third-order valence-electron chi connectivity index (χ3n) is 4.83. The molecule has 0 saturated heterocycles. The van der Waals surface area contributed by atoms with Crippen LogP contribution in [-0.2, 0) is 10.3 Å². The molecule has 2 rings (SSSR count). The van der Waals surface area contributed by atoms with Gasteiger partial charge in [0, 0.05) is 7.11 Å². The topological polar surface area (TPSA) is 74.2 Å². The summed E-state index contributed by atoms with van der Waals surface area (Å²) in [6.07, 6.45) is 7.79. The van der Waals surface area contributed by atoms with E-state index in [2.05, 4.69) is 24.0 Å². The third-order valence-corrected chi connectivity index (χ3v) is 4.83. The number of hydrogen-bond donors (Lipinski definition) is 1. The van der Waals surface area contributed by atoms with Crippen molar-refractivity contribution in [3.05, 3.63) is 11.7 Å². The molecule has 1 unspecified atom stereocenters. The zero-order valence-corrected chi connectivity index (χ0v) is 12.9. The highest BCUT2D eigenvalue weighted by Gasteiger charge is 2.35. The van der Waals surface area contributed by atoms with E-state index in [1.165, 1.54) is 19.3 Å². The first-order valence-electron chi connectivity index (χ1n) is 7.81. The van der Waals surface area contributed by atoms with Gasteiger partial charge in [0.25, 0.3) is 0 Å². The van der Waals surface area contributed by atoms with Gasteiger partial charge in [-0.3, -0.25) is 0 Å². The van der Waals surface area contributed by atoms with Gasteiger partial charge in [-0.2, -0.15) is 4.98 Å². The van der Waals surface area contributed by atoms with Gasteiger partial charge in [0.15, 0.2) is 0 Å². The van der Waals surface area contributed by atoms with Crippen LogP contribution in [0.25, 0.3) is 0 Å². The summed E-state index contributed by atoms with van der Waals surface area (Å²) in [4.78, 5) is 4.54. The maximum absolute atomic E-state index is 6.31. The number of nitrogens with zero attached hydrogens (tertiary/aromatic N) is 2. The van der Waals surface area contributed by atoms with Gasteiger partial charge >= 0.3 is 0 Å². The smallest absolute Gasteiger partial charge is 0.243 e. The quantitative estimate of drug-likeness (QED) is 0.865. The maximum atomic E-state index is 6.31. The molecule has 0 aliphatic heterocycles. The Labute approximate surface area is 121 Å². The fourth-order valence-electron chi connectivity index (χ4n) is 3.20. The summed E-state index contributed by atoms with van der Waals surface area (Å²) >= 11 is 0. The molecule has 1 fully saturated rings. The third kappa shape index (κ3) is 2.88. The lowest BCUT2D eigenvalue weighted by Crippen LogP contribution is -2.29. The van der Waals surface area contributed by atoms with Crippen LogP contribution >= 0.6 is 0 Å². The molecular weight excluding hydrogens is 254 g/mol. The molecule has 114 valence electrons. The SMILES string of the molecule is CCC(CC)(OC)c1noc(C(N)C2CCCCC2)n1. The van der Waals surface area contributed by atoms with E-state index in [1.807, 2.05) is 0 Å². The van der Waals surface area contributed by atoms with Crippen LogP contribution in [0.15, 0.2) is 4.52 Å². The fraction of sp³-hybridized carbons (Fsp3) is 0.867. The molecule has 0 bridgehead atoms. The van der Waals surface area contributed by atoms with Gasteiger partial charge < -0.3 is 15.0 Å². The normalized spacial score (nSPS) is 19.2. The molecule has 1 aliphatic rings. The van der Waals surface area contributed by atoms with Crippen molar-refractivity contribution in [1.82, 2.24) is 10.1 Å². The number of nitrogens with two attached hydrogens (primary N) is 1. The largest absolute Gasteiger partial charge is 0.370 e. The van der Waals surface area contributed by atoms with Crippen molar-refractivity contribution < 1.29 is 9.26 Å². The molecule has 1 saturated carbocycles. The van der Waals surface area contributed by atoms with Crippen LogP contribution in [0.4, 0.5) is 0 Å². The summed E-state index contributed by atoms with van der Waals surface area (Å²) in [7, 11) is 1.70. The summed E-state index contributed by atoms with van der Waals surface area (Å²) in [5, 5.41) is 4.13. The molecule has 1 atom stereocenters. The van der Waals surface area contributed by atoms with Crippen LogP contribution in [0.2, 0.25) is 0 Å². The Bertz CT molecular complexity index is 401. The van der Waals surface area contributed by atoms with E-state index in [1.54, 1.807) is 7.11 Å². The highest BCUT2D eigenvalue weighted by Crippen LogP contribution is 2.34. The zero-order valence-electron chi connectivity index (χ0n) is 12.9. The summed E-state index contributed by atoms with van der Waals surface area (Å²) in [5.74, 6) is 1.67. The second kappa shape index (κ2) is 6.68. The second-order valence-corrected chi connectivity index (χ2v) is 5.79. The lowest BCUT2D eigenvalue weighted by Gasteiger charge is -2.26. The van der Waals surface area contributed by atoms with Gasteiger partial charge in [0.2, 0.25) is 11.7 Å². The molecule has 1 aromatic rings. The molecule has 1 heterocycles. The summed E-state index contributed by atoms with van der Waals surface area (Å²) in [6, 6.07) is -0.139. The second-order valence-electron chi connectivity index (χ2n) is 5.79. The fourth-order valence-corrected chi connectivity index (χ4v) is 3.20. The first-order chi connectivity index (χ1) is 9.66. The maximum Gasteiger partial charge on any atom is 0.243 e. The Kier molecular flexibility index (Phi) is 5.16. The summed E-state index contributed by atoms with van der Waals surface area (Å²) < 4.78 is 11.1. The van der Waals surface area contributed by atoms with Gasteiger partial charge in [0.05, 0.1) is 6.04 Å². The molecule has 0 spiro atoms. The van der Waals surface area contributed by atoms with Crippen LogP contribution in [0.5, 0.6) is 0 Å². The Hall–Kier alpha value is -0.940. The summed E-state index contributed by atoms with van der Waals surface area (Å²) in [5.41, 5.74) is 5.86. The van der Waals surface area contributed by atoms with Crippen LogP contribution < -0.4 is 5.73 Å². The Morgan fingerprint density at radius 1 is 1.30 bits per heavy atom. The van der Waals surface area contributed by atoms with E-state index < -0.39 is 5.60 Å². The number of ether oxygens (including phenoxy) is 1. The van der Waals surface area contributed by atoms with Crippen molar-refractivity contribution in [3.8, 4) is 0 Å². The van der Waals surface area contributed by atoms with E-state index >= 15 is 0 Å². The molecule has 5 nitrogen and oxygen atoms in total. The van der Waals surface area contributed by atoms with Gasteiger partial charge in [-0.25, -0.2) is 0 Å². The number of rotatable bonds is 6. The molecule has 0 aromatic carbocycles. The van der Waals surface area contributed by atoms with Crippen molar-refractivity contribution in [3.63, 3.8) is 0 Å². The minimum absolute atomic E-state index is 0.139. The predicted molar refractivity (Wildman–Crippen MR) is 77.1 cm³/mol. The average Bonchev–Trinajstić information content (AvgIpc) is 3.00. The Morgan fingerprint density at radius 3 is 2.50 bits per heavy atom. The lowest BCUT2D eigenvalue weighted by atomic mass is 9.84. The van der Waals surface area contributed by atoms with E-state index in [0.717, 1.165) is 25.7 Å². The lowest BCUT2D eigenvalue weighted by molar-refractivity contribution is -0.0306. The number of hydrogen-bond acceptors (Lipinski definition) is 5. The first kappa shape index (κ1) is 15.4. The van der Waals surface area contributed by atoms with Crippen molar-refractivity contribution in [2.45, 2.75) is 70.4 Å². The van der Waals surface area contributed by atoms with Crippen molar-refractivity contribution in [2.24, 2.45) is 11.7 Å².